The Morgan fingerprint density at radius 3 is 2.55 bits per heavy atom. The van der Waals surface area contributed by atoms with Gasteiger partial charge in [-0.05, 0) is 38.8 Å². The summed E-state index contributed by atoms with van der Waals surface area (Å²) in [7, 11) is 1.95. The largest absolute Gasteiger partial charge is 0.465 e. The van der Waals surface area contributed by atoms with E-state index in [1.54, 1.807) is 0 Å². The molecule has 2 heterocycles. The minimum absolute atomic E-state index is 0.815. The molecule has 0 spiro atoms. The molecule has 0 bridgehead atoms. The Kier molecular flexibility index (Phi) is 4.44. The minimum Gasteiger partial charge on any atom is -0.465 e. The fourth-order valence-electron chi connectivity index (χ4n) is 3.04. The van der Waals surface area contributed by atoms with Crippen LogP contribution in [0.25, 0.3) is 0 Å². The molecule has 1 aromatic rings. The van der Waals surface area contributed by atoms with E-state index in [0.29, 0.717) is 0 Å². The second kappa shape index (κ2) is 6.29. The Balaban J connectivity index is 1.48. The van der Waals surface area contributed by atoms with Crippen LogP contribution < -0.4 is 5.32 Å². The first kappa shape index (κ1) is 14.1. The van der Waals surface area contributed by atoms with Crippen molar-refractivity contribution < 1.29 is 4.42 Å². The van der Waals surface area contributed by atoms with E-state index >= 15 is 0 Å². The summed E-state index contributed by atoms with van der Waals surface area (Å²) in [6.45, 7) is 10.1. The summed E-state index contributed by atoms with van der Waals surface area (Å²) in [5.74, 6) is 3.14. The number of furan rings is 1. The molecule has 1 aliphatic carbocycles. The van der Waals surface area contributed by atoms with Crippen LogP contribution in [0.2, 0.25) is 0 Å². The first-order valence-corrected chi connectivity index (χ1v) is 7.92. The highest BCUT2D eigenvalue weighted by molar-refractivity contribution is 5.20. The van der Waals surface area contributed by atoms with Crippen LogP contribution in [0.15, 0.2) is 10.5 Å². The normalized spacial score (nSPS) is 21.5. The van der Waals surface area contributed by atoms with Gasteiger partial charge in [-0.1, -0.05) is 0 Å². The van der Waals surface area contributed by atoms with Crippen LogP contribution in [0.3, 0.4) is 0 Å². The molecule has 0 radical (unpaired) electrons. The molecular weight excluding hydrogens is 250 g/mol. The van der Waals surface area contributed by atoms with Gasteiger partial charge in [0.05, 0.1) is 6.54 Å². The molecule has 1 aliphatic heterocycles. The van der Waals surface area contributed by atoms with Gasteiger partial charge in [0.2, 0.25) is 0 Å². The van der Waals surface area contributed by atoms with Crippen molar-refractivity contribution in [3.8, 4) is 0 Å². The maximum atomic E-state index is 5.78. The SMILES string of the molecule is CNCc1cc(CN2CCN(CC3CC3)CC2)c(C)o1. The van der Waals surface area contributed by atoms with E-state index in [9.17, 15) is 0 Å². The van der Waals surface area contributed by atoms with Crippen molar-refractivity contribution in [3.63, 3.8) is 0 Å². The lowest BCUT2D eigenvalue weighted by atomic mass is 10.2. The Morgan fingerprint density at radius 1 is 1.20 bits per heavy atom. The lowest BCUT2D eigenvalue weighted by Gasteiger charge is -2.34. The third-order valence-electron chi connectivity index (χ3n) is 4.49. The van der Waals surface area contributed by atoms with E-state index in [1.165, 1.54) is 51.1 Å². The summed E-state index contributed by atoms with van der Waals surface area (Å²) < 4.78 is 5.78. The Labute approximate surface area is 122 Å². The molecule has 0 unspecified atom stereocenters. The third kappa shape index (κ3) is 3.62. The topological polar surface area (TPSA) is 31.6 Å². The van der Waals surface area contributed by atoms with Crippen molar-refractivity contribution in [3.05, 3.63) is 23.2 Å². The molecule has 3 rings (SSSR count). The predicted octanol–water partition coefficient (Wildman–Crippen LogP) is 1.84. The van der Waals surface area contributed by atoms with Crippen molar-refractivity contribution in [1.82, 2.24) is 15.1 Å². The fraction of sp³-hybridized carbons (Fsp3) is 0.750. The van der Waals surface area contributed by atoms with Gasteiger partial charge in [0.1, 0.15) is 11.5 Å². The van der Waals surface area contributed by atoms with Crippen molar-refractivity contribution in [2.45, 2.75) is 32.9 Å². The molecule has 1 N–H and O–H groups in total. The van der Waals surface area contributed by atoms with Crippen LogP contribution in [0.4, 0.5) is 0 Å². The van der Waals surface area contributed by atoms with Crippen LogP contribution in [0.1, 0.15) is 29.9 Å². The quantitative estimate of drug-likeness (QED) is 0.860. The van der Waals surface area contributed by atoms with E-state index < -0.39 is 0 Å². The highest BCUT2D eigenvalue weighted by atomic mass is 16.3. The number of nitrogens with one attached hydrogen (secondary N) is 1. The molecule has 0 amide bonds. The average Bonchev–Trinajstić information content (AvgIpc) is 3.18. The highest BCUT2D eigenvalue weighted by Gasteiger charge is 2.26. The van der Waals surface area contributed by atoms with Gasteiger partial charge in [-0.3, -0.25) is 4.90 Å². The monoisotopic (exact) mass is 277 g/mol. The van der Waals surface area contributed by atoms with Gasteiger partial charge in [0, 0.05) is 44.8 Å². The number of aryl methyl sites for hydroxylation is 1. The van der Waals surface area contributed by atoms with Crippen molar-refractivity contribution in [1.29, 1.82) is 0 Å². The lowest BCUT2D eigenvalue weighted by molar-refractivity contribution is 0.123. The minimum atomic E-state index is 0.815. The van der Waals surface area contributed by atoms with Crippen molar-refractivity contribution in [2.24, 2.45) is 5.92 Å². The molecule has 1 aromatic heterocycles. The van der Waals surface area contributed by atoms with Crippen LogP contribution >= 0.6 is 0 Å². The third-order valence-corrected chi connectivity index (χ3v) is 4.49. The first-order chi connectivity index (χ1) is 9.74. The smallest absolute Gasteiger partial charge is 0.118 e. The Morgan fingerprint density at radius 2 is 1.90 bits per heavy atom. The van der Waals surface area contributed by atoms with Crippen molar-refractivity contribution >= 4 is 0 Å². The van der Waals surface area contributed by atoms with Crippen LogP contribution in [-0.4, -0.2) is 49.6 Å². The maximum absolute atomic E-state index is 5.78. The maximum Gasteiger partial charge on any atom is 0.118 e. The molecule has 112 valence electrons. The fourth-order valence-corrected chi connectivity index (χ4v) is 3.04. The summed E-state index contributed by atoms with van der Waals surface area (Å²) in [5, 5.41) is 3.14. The lowest BCUT2D eigenvalue weighted by Crippen LogP contribution is -2.46. The first-order valence-electron chi connectivity index (χ1n) is 7.92. The molecular formula is C16H27N3O. The number of piperazine rings is 1. The van der Waals surface area contributed by atoms with Crippen LogP contribution in [-0.2, 0) is 13.1 Å². The summed E-state index contributed by atoms with van der Waals surface area (Å²) in [4.78, 5) is 5.20. The molecule has 2 aliphatic rings. The number of hydrogen-bond donors (Lipinski definition) is 1. The van der Waals surface area contributed by atoms with E-state index in [-0.39, 0.29) is 0 Å². The number of hydrogen-bond acceptors (Lipinski definition) is 4. The highest BCUT2D eigenvalue weighted by Crippen LogP contribution is 2.30. The standard InChI is InChI=1S/C16H27N3O/c1-13-15(9-16(20-13)10-17-2)12-19-7-5-18(6-8-19)11-14-3-4-14/h9,14,17H,3-8,10-12H2,1-2H3. The number of rotatable bonds is 6. The van der Waals surface area contributed by atoms with Gasteiger partial charge in [0.15, 0.2) is 0 Å². The molecule has 1 saturated carbocycles. The van der Waals surface area contributed by atoms with Crippen LogP contribution in [0.5, 0.6) is 0 Å². The van der Waals surface area contributed by atoms with Gasteiger partial charge in [-0.15, -0.1) is 0 Å². The van der Waals surface area contributed by atoms with Crippen molar-refractivity contribution in [2.75, 3.05) is 39.8 Å². The summed E-state index contributed by atoms with van der Waals surface area (Å²) in [6, 6.07) is 2.21. The summed E-state index contributed by atoms with van der Waals surface area (Å²) in [6.07, 6.45) is 2.92. The van der Waals surface area contributed by atoms with Gasteiger partial charge >= 0.3 is 0 Å². The Bertz CT molecular complexity index is 431. The van der Waals surface area contributed by atoms with Gasteiger partial charge < -0.3 is 14.6 Å². The van der Waals surface area contributed by atoms with Gasteiger partial charge in [-0.2, -0.15) is 0 Å². The zero-order valence-electron chi connectivity index (χ0n) is 12.8. The predicted molar refractivity (Wildman–Crippen MR) is 80.6 cm³/mol. The molecule has 0 aromatic carbocycles. The number of nitrogens with zero attached hydrogens (tertiary/aromatic N) is 2. The van der Waals surface area contributed by atoms with Gasteiger partial charge in [-0.25, -0.2) is 0 Å². The summed E-state index contributed by atoms with van der Waals surface area (Å²) in [5.41, 5.74) is 1.35. The van der Waals surface area contributed by atoms with E-state index in [1.807, 2.05) is 7.05 Å². The molecule has 20 heavy (non-hydrogen) atoms. The van der Waals surface area contributed by atoms with E-state index in [2.05, 4.69) is 28.1 Å². The zero-order chi connectivity index (χ0) is 13.9. The average molecular weight is 277 g/mol. The molecule has 2 fully saturated rings. The van der Waals surface area contributed by atoms with Crippen LogP contribution in [0, 0.1) is 12.8 Å². The molecule has 1 saturated heterocycles. The second-order valence-corrected chi connectivity index (χ2v) is 6.34. The Hall–Kier alpha value is -0.840. The molecule has 4 heteroatoms. The zero-order valence-corrected chi connectivity index (χ0v) is 12.8. The summed E-state index contributed by atoms with van der Waals surface area (Å²) >= 11 is 0. The molecule has 4 nitrogen and oxygen atoms in total. The van der Waals surface area contributed by atoms with Gasteiger partial charge in [0.25, 0.3) is 0 Å². The second-order valence-electron chi connectivity index (χ2n) is 6.34. The molecule has 0 atom stereocenters. The van der Waals surface area contributed by atoms with E-state index in [4.69, 9.17) is 4.42 Å². The van der Waals surface area contributed by atoms with E-state index in [0.717, 1.165) is 30.5 Å².